The molecule has 0 radical (unpaired) electrons. The number of rotatable bonds is 6. The van der Waals surface area contributed by atoms with Crippen LogP contribution in [-0.2, 0) is 24.7 Å². The maximum atomic E-state index is 13.1. The van der Waals surface area contributed by atoms with E-state index in [2.05, 4.69) is 39.8 Å². The maximum absolute atomic E-state index is 13.1. The van der Waals surface area contributed by atoms with Gasteiger partial charge in [0.05, 0.1) is 24.7 Å². The number of pyridine rings is 1. The summed E-state index contributed by atoms with van der Waals surface area (Å²) in [5, 5.41) is 13.1. The van der Waals surface area contributed by atoms with Crippen molar-refractivity contribution >= 4 is 22.8 Å². The van der Waals surface area contributed by atoms with Crippen LogP contribution in [0.15, 0.2) is 30.5 Å². The number of hydrogen-bond donors (Lipinski definition) is 1. The Labute approximate surface area is 205 Å². The third-order valence-corrected chi connectivity index (χ3v) is 7.19. The fraction of sp³-hybridized carbons (Fsp3) is 0.407. The van der Waals surface area contributed by atoms with Gasteiger partial charge in [-0.25, -0.2) is 14.3 Å². The molecule has 8 heteroatoms. The Kier molecular flexibility index (Phi) is 6.05. The smallest absolute Gasteiger partial charge is 0.242 e. The van der Waals surface area contributed by atoms with E-state index in [0.29, 0.717) is 18.7 Å². The fourth-order valence-electron chi connectivity index (χ4n) is 5.36. The summed E-state index contributed by atoms with van der Waals surface area (Å²) >= 11 is 0. The quantitative estimate of drug-likeness (QED) is 0.443. The van der Waals surface area contributed by atoms with Gasteiger partial charge in [-0.3, -0.25) is 4.79 Å². The predicted octanol–water partition coefficient (Wildman–Crippen LogP) is 4.60. The molecule has 1 N–H and O–H groups in total. The summed E-state index contributed by atoms with van der Waals surface area (Å²) < 4.78 is 9.20. The SMILES string of the molecule is COc1nn(C)c2nc(C)c(CCC(=O)Nc3c(C)cnn3C3CCCc4ccccc43)c(C)c12. The lowest BCUT2D eigenvalue weighted by molar-refractivity contribution is -0.116. The van der Waals surface area contributed by atoms with Gasteiger partial charge in [-0.2, -0.15) is 5.10 Å². The molecule has 8 nitrogen and oxygen atoms in total. The van der Waals surface area contributed by atoms with Crippen LogP contribution in [0.25, 0.3) is 11.0 Å². The Balaban J connectivity index is 1.37. The van der Waals surface area contributed by atoms with Crippen molar-refractivity contribution in [2.75, 3.05) is 12.4 Å². The van der Waals surface area contributed by atoms with Gasteiger partial charge in [0.15, 0.2) is 5.65 Å². The Bertz CT molecular complexity index is 1420. The van der Waals surface area contributed by atoms with E-state index in [0.717, 1.165) is 58.5 Å². The average molecular weight is 473 g/mol. The number of anilines is 1. The number of aryl methyl sites for hydroxylation is 5. The number of carbonyl (C=O) groups is 1. The van der Waals surface area contributed by atoms with Crippen LogP contribution in [-0.4, -0.2) is 37.6 Å². The molecular weight excluding hydrogens is 440 g/mol. The molecule has 0 aliphatic heterocycles. The number of methoxy groups -OCH3 is 1. The second kappa shape index (κ2) is 9.17. The summed E-state index contributed by atoms with van der Waals surface area (Å²) in [6, 6.07) is 8.69. The summed E-state index contributed by atoms with van der Waals surface area (Å²) in [6.45, 7) is 6.03. The number of ether oxygens (including phenoxy) is 1. The van der Waals surface area contributed by atoms with Crippen LogP contribution in [0.3, 0.4) is 0 Å². The molecular formula is C27H32N6O2. The first-order chi connectivity index (χ1) is 16.9. The van der Waals surface area contributed by atoms with Crippen LogP contribution >= 0.6 is 0 Å². The number of aromatic nitrogens is 5. The fourth-order valence-corrected chi connectivity index (χ4v) is 5.36. The molecule has 0 spiro atoms. The molecule has 4 aromatic rings. The highest BCUT2D eigenvalue weighted by Gasteiger charge is 2.25. The minimum absolute atomic E-state index is 0.0315. The summed E-state index contributed by atoms with van der Waals surface area (Å²) in [7, 11) is 3.48. The van der Waals surface area contributed by atoms with Gasteiger partial charge in [-0.1, -0.05) is 24.3 Å². The minimum atomic E-state index is -0.0315. The predicted molar refractivity (Wildman–Crippen MR) is 136 cm³/mol. The second-order valence-corrected chi connectivity index (χ2v) is 9.41. The molecule has 5 rings (SSSR count). The third-order valence-electron chi connectivity index (χ3n) is 7.19. The minimum Gasteiger partial charge on any atom is -0.479 e. The van der Waals surface area contributed by atoms with Gasteiger partial charge in [-0.15, -0.1) is 5.10 Å². The number of amides is 1. The Morgan fingerprint density at radius 1 is 1.23 bits per heavy atom. The van der Waals surface area contributed by atoms with Crippen LogP contribution in [0.5, 0.6) is 5.88 Å². The highest BCUT2D eigenvalue weighted by molar-refractivity contribution is 5.91. The number of nitrogens with zero attached hydrogens (tertiary/aromatic N) is 5. The normalized spacial score (nSPS) is 15.3. The number of carbonyl (C=O) groups excluding carboxylic acids is 1. The number of hydrogen-bond acceptors (Lipinski definition) is 5. The number of nitrogens with one attached hydrogen (secondary N) is 1. The lowest BCUT2D eigenvalue weighted by Gasteiger charge is -2.27. The monoisotopic (exact) mass is 472 g/mol. The van der Waals surface area contributed by atoms with Crippen molar-refractivity contribution in [3.63, 3.8) is 0 Å². The molecule has 0 saturated carbocycles. The van der Waals surface area contributed by atoms with Gasteiger partial charge in [0.25, 0.3) is 0 Å². The van der Waals surface area contributed by atoms with Crippen molar-refractivity contribution in [2.45, 2.75) is 58.9 Å². The summed E-state index contributed by atoms with van der Waals surface area (Å²) in [5.74, 6) is 1.31. The highest BCUT2D eigenvalue weighted by Crippen LogP contribution is 2.35. The molecule has 1 atom stereocenters. The first-order valence-corrected chi connectivity index (χ1v) is 12.2. The van der Waals surface area contributed by atoms with Crippen LogP contribution in [0.4, 0.5) is 5.82 Å². The molecule has 1 amide bonds. The molecule has 35 heavy (non-hydrogen) atoms. The topological polar surface area (TPSA) is 86.9 Å². The highest BCUT2D eigenvalue weighted by atomic mass is 16.5. The average Bonchev–Trinajstić information content (AvgIpc) is 3.37. The van der Waals surface area contributed by atoms with E-state index >= 15 is 0 Å². The zero-order valence-electron chi connectivity index (χ0n) is 21.1. The molecule has 3 heterocycles. The summed E-state index contributed by atoms with van der Waals surface area (Å²) in [4.78, 5) is 17.9. The first kappa shape index (κ1) is 23.1. The first-order valence-electron chi connectivity index (χ1n) is 12.2. The second-order valence-electron chi connectivity index (χ2n) is 9.41. The van der Waals surface area contributed by atoms with Crippen molar-refractivity contribution in [1.29, 1.82) is 0 Å². The molecule has 1 aromatic carbocycles. The van der Waals surface area contributed by atoms with Crippen molar-refractivity contribution in [2.24, 2.45) is 7.05 Å². The van der Waals surface area contributed by atoms with E-state index in [9.17, 15) is 4.79 Å². The van der Waals surface area contributed by atoms with Crippen LogP contribution in [0, 0.1) is 20.8 Å². The van der Waals surface area contributed by atoms with Crippen molar-refractivity contribution < 1.29 is 9.53 Å². The molecule has 3 aromatic heterocycles. The van der Waals surface area contributed by atoms with Gasteiger partial charge in [0.2, 0.25) is 11.8 Å². The number of benzene rings is 1. The van der Waals surface area contributed by atoms with E-state index in [1.54, 1.807) is 11.8 Å². The lowest BCUT2D eigenvalue weighted by atomic mass is 9.88. The largest absolute Gasteiger partial charge is 0.479 e. The van der Waals surface area contributed by atoms with E-state index in [1.807, 2.05) is 38.7 Å². The molecule has 0 bridgehead atoms. The Hall–Kier alpha value is -3.68. The lowest BCUT2D eigenvalue weighted by Crippen LogP contribution is -2.23. The van der Waals surface area contributed by atoms with Crippen LogP contribution in [0.1, 0.15) is 58.8 Å². The summed E-state index contributed by atoms with van der Waals surface area (Å²) in [6.07, 6.45) is 5.99. The zero-order chi connectivity index (χ0) is 24.7. The van der Waals surface area contributed by atoms with E-state index in [4.69, 9.17) is 9.72 Å². The summed E-state index contributed by atoms with van der Waals surface area (Å²) in [5.41, 5.74) is 7.46. The Morgan fingerprint density at radius 2 is 2.03 bits per heavy atom. The standard InChI is InChI=1S/C27H32N6O2/c1-16-15-28-33(22-12-8-10-19-9-6-7-11-21(19)22)25(16)30-23(34)14-13-20-17(2)24-26(29-18(20)3)32(4)31-27(24)35-5/h6-7,9,11,15,22H,8,10,12-14H2,1-5H3,(H,30,34). The van der Waals surface area contributed by atoms with Crippen LogP contribution in [0.2, 0.25) is 0 Å². The van der Waals surface area contributed by atoms with Gasteiger partial charge in [-0.05, 0) is 68.7 Å². The van der Waals surface area contributed by atoms with Crippen molar-refractivity contribution in [3.05, 3.63) is 64.0 Å². The van der Waals surface area contributed by atoms with Gasteiger partial charge >= 0.3 is 0 Å². The molecule has 1 aliphatic carbocycles. The molecule has 0 saturated heterocycles. The molecule has 1 unspecified atom stereocenters. The maximum Gasteiger partial charge on any atom is 0.242 e. The van der Waals surface area contributed by atoms with Gasteiger partial charge < -0.3 is 10.1 Å². The van der Waals surface area contributed by atoms with Gasteiger partial charge in [0.1, 0.15) is 5.82 Å². The van der Waals surface area contributed by atoms with Gasteiger partial charge in [0, 0.05) is 24.7 Å². The van der Waals surface area contributed by atoms with Crippen molar-refractivity contribution in [1.82, 2.24) is 24.5 Å². The van der Waals surface area contributed by atoms with Crippen molar-refractivity contribution in [3.8, 4) is 5.88 Å². The van der Waals surface area contributed by atoms with E-state index < -0.39 is 0 Å². The molecule has 1 aliphatic rings. The Morgan fingerprint density at radius 3 is 2.83 bits per heavy atom. The molecule has 0 fully saturated rings. The zero-order valence-corrected chi connectivity index (χ0v) is 21.1. The van der Waals surface area contributed by atoms with Crippen LogP contribution < -0.4 is 10.1 Å². The number of fused-ring (bicyclic) bond motifs is 2. The third kappa shape index (κ3) is 4.07. The van der Waals surface area contributed by atoms with E-state index in [-0.39, 0.29) is 11.9 Å². The molecule has 182 valence electrons. The van der Waals surface area contributed by atoms with E-state index in [1.165, 1.54) is 11.1 Å².